The van der Waals surface area contributed by atoms with Gasteiger partial charge in [-0.15, -0.1) is 0 Å². The molecule has 0 bridgehead atoms. The number of phenolic OH excluding ortho intramolecular Hbond substituents is 1. The van der Waals surface area contributed by atoms with E-state index in [1.54, 1.807) is 39.0 Å². The molecule has 0 amide bonds. The predicted molar refractivity (Wildman–Crippen MR) is 131 cm³/mol. The molecule has 9 nitrogen and oxygen atoms in total. The highest BCUT2D eigenvalue weighted by Crippen LogP contribution is 2.58. The van der Waals surface area contributed by atoms with Gasteiger partial charge >= 0.3 is 5.97 Å². The number of allylic oxidation sites excluding steroid dienone is 1. The van der Waals surface area contributed by atoms with Gasteiger partial charge in [-0.2, -0.15) is 0 Å². The Morgan fingerprint density at radius 2 is 1.81 bits per heavy atom. The van der Waals surface area contributed by atoms with Gasteiger partial charge in [0, 0.05) is 22.3 Å². The van der Waals surface area contributed by atoms with Crippen molar-refractivity contribution in [2.24, 2.45) is 5.92 Å². The van der Waals surface area contributed by atoms with Crippen molar-refractivity contribution in [2.45, 2.75) is 45.8 Å². The number of carbonyl (C=O) groups excluding carboxylic acids is 1. The summed E-state index contributed by atoms with van der Waals surface area (Å²) in [5.41, 5.74) is 0.759. The smallest absolute Gasteiger partial charge is 0.334 e. The molecule has 2 aromatic carbocycles. The minimum Gasteiger partial charge on any atom is -0.504 e. The zero-order valence-electron chi connectivity index (χ0n) is 21.6. The third-order valence-electron chi connectivity index (χ3n) is 7.15. The van der Waals surface area contributed by atoms with Crippen molar-refractivity contribution >= 4 is 5.97 Å². The van der Waals surface area contributed by atoms with Gasteiger partial charge in [0.1, 0.15) is 5.60 Å². The van der Waals surface area contributed by atoms with Gasteiger partial charge in [0.2, 0.25) is 18.3 Å². The molecule has 0 unspecified atom stereocenters. The van der Waals surface area contributed by atoms with E-state index in [4.69, 9.17) is 28.4 Å². The maximum atomic E-state index is 13.0. The molecule has 194 valence electrons. The Hall–Kier alpha value is -3.59. The first-order valence-electron chi connectivity index (χ1n) is 11.6. The number of esters is 1. The molecule has 0 spiro atoms. The molecule has 9 heteroatoms. The van der Waals surface area contributed by atoms with Gasteiger partial charge in [-0.05, 0) is 50.8 Å². The number of hydrogen-bond donors (Lipinski definition) is 2. The molecule has 4 rings (SSSR count). The first-order chi connectivity index (χ1) is 17.1. The van der Waals surface area contributed by atoms with Crippen LogP contribution in [0.4, 0.5) is 0 Å². The van der Waals surface area contributed by atoms with E-state index >= 15 is 0 Å². The number of phenols is 1. The summed E-state index contributed by atoms with van der Waals surface area (Å²) in [7, 11) is 4.41. The second-order valence-corrected chi connectivity index (χ2v) is 9.19. The summed E-state index contributed by atoms with van der Waals surface area (Å²) < 4.78 is 34.1. The van der Waals surface area contributed by atoms with Crippen LogP contribution >= 0.6 is 0 Å². The standard InChI is InChI=1S/C27H32O9/c1-8-13(2)26(29)36-25-16-11-17(31-5)23(32-6)24(33-7)20(16)19-15(9-14(3)27(25,4)30)10-18-22(21(19)28)35-12-34-18/h8,10-11,14,25,28,30H,9,12H2,1-7H3/b13-8-/t14-,25-,27+/m0/s1. The zero-order chi connectivity index (χ0) is 26.4. The Bertz CT molecular complexity index is 1230. The summed E-state index contributed by atoms with van der Waals surface area (Å²) in [5, 5.41) is 23.3. The van der Waals surface area contributed by atoms with Crippen LogP contribution in [0.2, 0.25) is 0 Å². The monoisotopic (exact) mass is 500 g/mol. The first kappa shape index (κ1) is 25.5. The fourth-order valence-corrected chi connectivity index (χ4v) is 4.77. The van der Waals surface area contributed by atoms with Gasteiger partial charge < -0.3 is 38.6 Å². The van der Waals surface area contributed by atoms with E-state index in [0.717, 1.165) is 0 Å². The predicted octanol–water partition coefficient (Wildman–Crippen LogP) is 4.31. The SMILES string of the molecule is C/C=C(/C)C(=O)O[C@H]1c2cc(OC)c(OC)c(OC)c2-c2c(cc3c(c2O)OCO3)C[C@H](C)[C@@]1(C)O. The van der Waals surface area contributed by atoms with Gasteiger partial charge in [0.05, 0.1) is 21.3 Å². The number of benzene rings is 2. The van der Waals surface area contributed by atoms with E-state index in [-0.39, 0.29) is 29.8 Å². The van der Waals surface area contributed by atoms with Crippen LogP contribution in [-0.2, 0) is 16.0 Å². The Balaban J connectivity index is 2.14. The van der Waals surface area contributed by atoms with E-state index in [2.05, 4.69) is 0 Å². The third kappa shape index (κ3) is 3.87. The first-order valence-corrected chi connectivity index (χ1v) is 11.6. The Morgan fingerprint density at radius 3 is 2.42 bits per heavy atom. The third-order valence-corrected chi connectivity index (χ3v) is 7.15. The van der Waals surface area contributed by atoms with Crippen LogP contribution in [0.25, 0.3) is 11.1 Å². The van der Waals surface area contributed by atoms with Crippen molar-refractivity contribution in [3.05, 3.63) is 34.9 Å². The van der Waals surface area contributed by atoms with Crippen LogP contribution in [0.3, 0.4) is 0 Å². The molecule has 2 aliphatic rings. The maximum absolute atomic E-state index is 13.0. The zero-order valence-corrected chi connectivity index (χ0v) is 21.6. The number of methoxy groups -OCH3 is 3. The van der Waals surface area contributed by atoms with Crippen LogP contribution in [0.1, 0.15) is 44.9 Å². The second kappa shape index (κ2) is 9.46. The van der Waals surface area contributed by atoms with Gasteiger partial charge in [-0.3, -0.25) is 0 Å². The van der Waals surface area contributed by atoms with E-state index < -0.39 is 23.6 Å². The lowest BCUT2D eigenvalue weighted by Crippen LogP contribution is -2.44. The second-order valence-electron chi connectivity index (χ2n) is 9.19. The topological polar surface area (TPSA) is 113 Å². The van der Waals surface area contributed by atoms with Crippen molar-refractivity contribution in [3.8, 4) is 45.6 Å². The average Bonchev–Trinajstić information content (AvgIpc) is 3.34. The lowest BCUT2D eigenvalue weighted by Gasteiger charge is -2.41. The molecular weight excluding hydrogens is 468 g/mol. The molecule has 0 saturated carbocycles. The van der Waals surface area contributed by atoms with Crippen molar-refractivity contribution in [2.75, 3.05) is 28.1 Å². The fourth-order valence-electron chi connectivity index (χ4n) is 4.77. The highest BCUT2D eigenvalue weighted by Gasteiger charge is 2.47. The maximum Gasteiger partial charge on any atom is 0.334 e. The molecule has 3 atom stereocenters. The Labute approximate surface area is 210 Å². The molecule has 0 aromatic heterocycles. The van der Waals surface area contributed by atoms with Gasteiger partial charge in [0.25, 0.3) is 0 Å². The minimum absolute atomic E-state index is 0.0299. The molecule has 2 aromatic rings. The summed E-state index contributed by atoms with van der Waals surface area (Å²) >= 11 is 0. The summed E-state index contributed by atoms with van der Waals surface area (Å²) in [6.45, 7) is 6.83. The number of aromatic hydroxyl groups is 1. The van der Waals surface area contributed by atoms with Crippen molar-refractivity contribution in [1.82, 2.24) is 0 Å². The summed E-state index contributed by atoms with van der Waals surface area (Å²) in [6.07, 6.45) is 0.832. The lowest BCUT2D eigenvalue weighted by atomic mass is 9.73. The van der Waals surface area contributed by atoms with E-state index in [9.17, 15) is 15.0 Å². The Kier molecular flexibility index (Phi) is 6.70. The molecule has 2 N–H and O–H groups in total. The van der Waals surface area contributed by atoms with Crippen LogP contribution < -0.4 is 23.7 Å². The van der Waals surface area contributed by atoms with E-state index in [1.807, 2.05) is 6.92 Å². The molecule has 1 aliphatic carbocycles. The number of rotatable bonds is 5. The summed E-state index contributed by atoms with van der Waals surface area (Å²) in [5.74, 6) is 0.317. The van der Waals surface area contributed by atoms with Crippen LogP contribution in [-0.4, -0.2) is 49.9 Å². The molecule has 1 aliphatic heterocycles. The van der Waals surface area contributed by atoms with E-state index in [1.165, 1.54) is 21.3 Å². The minimum atomic E-state index is -1.52. The number of aliphatic hydroxyl groups is 1. The lowest BCUT2D eigenvalue weighted by molar-refractivity contribution is -0.166. The van der Waals surface area contributed by atoms with Gasteiger partial charge in [-0.1, -0.05) is 13.0 Å². The Morgan fingerprint density at radius 1 is 1.11 bits per heavy atom. The normalized spacial score (nSPS) is 22.6. The van der Waals surface area contributed by atoms with Crippen molar-refractivity contribution in [1.29, 1.82) is 0 Å². The average molecular weight is 501 g/mol. The number of hydrogen-bond acceptors (Lipinski definition) is 9. The molecular formula is C27H32O9. The van der Waals surface area contributed by atoms with Gasteiger partial charge in [-0.25, -0.2) is 4.79 Å². The molecule has 1 heterocycles. The molecule has 0 fully saturated rings. The van der Waals surface area contributed by atoms with Gasteiger partial charge in [0.15, 0.2) is 29.1 Å². The quantitative estimate of drug-likeness (QED) is 0.458. The van der Waals surface area contributed by atoms with Crippen LogP contribution in [0.5, 0.6) is 34.5 Å². The van der Waals surface area contributed by atoms with Crippen molar-refractivity contribution in [3.63, 3.8) is 0 Å². The largest absolute Gasteiger partial charge is 0.504 e. The highest BCUT2D eigenvalue weighted by atomic mass is 16.7. The summed E-state index contributed by atoms with van der Waals surface area (Å²) in [4.78, 5) is 13.0. The number of ether oxygens (including phenoxy) is 6. The molecule has 0 saturated heterocycles. The van der Waals surface area contributed by atoms with Crippen molar-refractivity contribution < 1.29 is 43.4 Å². The molecule has 36 heavy (non-hydrogen) atoms. The van der Waals surface area contributed by atoms with Crippen LogP contribution in [0.15, 0.2) is 23.8 Å². The number of fused-ring (bicyclic) bond motifs is 4. The molecule has 0 radical (unpaired) electrons. The fraction of sp³-hybridized carbons (Fsp3) is 0.444. The highest BCUT2D eigenvalue weighted by molar-refractivity contribution is 5.90. The van der Waals surface area contributed by atoms with E-state index in [0.29, 0.717) is 45.7 Å². The number of carbonyl (C=O) groups is 1. The summed E-state index contributed by atoms with van der Waals surface area (Å²) in [6, 6.07) is 3.43. The van der Waals surface area contributed by atoms with Crippen LogP contribution in [0, 0.1) is 5.92 Å².